The molecule has 1 amide bonds. The van der Waals surface area contributed by atoms with Crippen LogP contribution in [-0.2, 0) is 0 Å². The molecule has 4 aromatic rings. The van der Waals surface area contributed by atoms with Crippen LogP contribution in [0.1, 0.15) is 23.2 Å². The number of hydrogen-bond acceptors (Lipinski definition) is 5. The summed E-state index contributed by atoms with van der Waals surface area (Å²) in [5.41, 5.74) is 1.50. The maximum atomic E-state index is 13.2. The molecule has 0 unspecified atom stereocenters. The lowest BCUT2D eigenvalue weighted by molar-refractivity contribution is 0.0950. The molecule has 0 saturated carbocycles. The highest BCUT2D eigenvalue weighted by atomic mass is 32.1. The highest BCUT2D eigenvalue weighted by Gasteiger charge is 2.22. The van der Waals surface area contributed by atoms with Crippen molar-refractivity contribution in [2.75, 3.05) is 26.2 Å². The van der Waals surface area contributed by atoms with Gasteiger partial charge >= 0.3 is 0 Å². The van der Waals surface area contributed by atoms with Crippen LogP contribution in [0.3, 0.4) is 0 Å². The van der Waals surface area contributed by atoms with Crippen LogP contribution in [-0.4, -0.2) is 46.4 Å². The first-order valence-corrected chi connectivity index (χ1v) is 10.4. The highest BCUT2D eigenvalue weighted by Crippen LogP contribution is 2.30. The van der Waals surface area contributed by atoms with Crippen LogP contribution in [0.2, 0.25) is 0 Å². The van der Waals surface area contributed by atoms with Gasteiger partial charge in [-0.15, -0.1) is 11.3 Å². The summed E-state index contributed by atoms with van der Waals surface area (Å²) in [7, 11) is 0. The topological polar surface area (TPSA) is 66.7 Å². The minimum atomic E-state index is -0.306. The number of nitrogens with one attached hydrogen (secondary N) is 1. The third-order valence-corrected chi connectivity index (χ3v) is 6.48. The molecule has 0 aliphatic carbocycles. The Balaban J connectivity index is 1.63. The van der Waals surface area contributed by atoms with Crippen molar-refractivity contribution < 1.29 is 4.79 Å². The second-order valence-electron chi connectivity index (χ2n) is 7.09. The Kier molecular flexibility index (Phi) is 4.33. The number of likely N-dealkylation sites (tertiary alicyclic amines) is 1. The van der Waals surface area contributed by atoms with E-state index in [1.54, 1.807) is 18.3 Å². The van der Waals surface area contributed by atoms with Crippen molar-refractivity contribution in [1.29, 1.82) is 0 Å². The average molecular weight is 392 g/mol. The van der Waals surface area contributed by atoms with Gasteiger partial charge in [0.15, 0.2) is 0 Å². The Bertz CT molecular complexity index is 1250. The van der Waals surface area contributed by atoms with E-state index in [0.717, 1.165) is 29.9 Å². The smallest absolute Gasteiger partial charge is 0.258 e. The molecule has 1 saturated heterocycles. The zero-order chi connectivity index (χ0) is 19.1. The number of rotatable bonds is 4. The number of benzene rings is 1. The van der Waals surface area contributed by atoms with Crippen molar-refractivity contribution in [3.8, 4) is 0 Å². The maximum Gasteiger partial charge on any atom is 0.258 e. The molecular formula is C21H20N4O2S. The molecule has 6 nitrogen and oxygen atoms in total. The van der Waals surface area contributed by atoms with E-state index in [1.165, 1.54) is 24.2 Å². The normalized spacial score (nSPS) is 15.0. The molecule has 0 spiro atoms. The number of hydrogen-bond donors (Lipinski definition) is 1. The number of para-hydroxylation sites is 1. The summed E-state index contributed by atoms with van der Waals surface area (Å²) in [6.07, 6.45) is 4.11. The largest absolute Gasteiger partial charge is 0.351 e. The molecule has 28 heavy (non-hydrogen) atoms. The molecule has 0 bridgehead atoms. The first kappa shape index (κ1) is 17.3. The third kappa shape index (κ3) is 2.78. The van der Waals surface area contributed by atoms with E-state index in [0.29, 0.717) is 22.4 Å². The summed E-state index contributed by atoms with van der Waals surface area (Å²) in [6, 6.07) is 11.4. The third-order valence-electron chi connectivity index (χ3n) is 5.34. The molecular weight excluding hydrogens is 372 g/mol. The van der Waals surface area contributed by atoms with Gasteiger partial charge in [-0.2, -0.15) is 0 Å². The first-order valence-electron chi connectivity index (χ1n) is 9.55. The fourth-order valence-electron chi connectivity index (χ4n) is 3.97. The first-order chi connectivity index (χ1) is 13.7. The molecule has 1 aromatic carbocycles. The standard InChI is InChI=1S/C21H20N4O2S/c26-18-14-6-5-9-22-19(14)25-15-7-1-2-8-16(15)28-21(25)17(18)20(27)23-10-13-24-11-3-4-12-24/h1-2,5-9H,3-4,10-13H2,(H,23,27). The van der Waals surface area contributed by atoms with Crippen molar-refractivity contribution >= 4 is 43.3 Å². The quantitative estimate of drug-likeness (QED) is 0.580. The second-order valence-corrected chi connectivity index (χ2v) is 8.12. The summed E-state index contributed by atoms with van der Waals surface area (Å²) in [6.45, 7) is 3.53. The Hall–Kier alpha value is -2.77. The number of fused-ring (bicyclic) bond motifs is 5. The molecule has 1 aliphatic rings. The summed E-state index contributed by atoms with van der Waals surface area (Å²) in [5, 5.41) is 3.43. The van der Waals surface area contributed by atoms with Crippen LogP contribution in [0.5, 0.6) is 0 Å². The van der Waals surface area contributed by atoms with Crippen LogP contribution in [0, 0.1) is 0 Å². The van der Waals surface area contributed by atoms with Gasteiger partial charge < -0.3 is 10.2 Å². The monoisotopic (exact) mass is 392 g/mol. The number of carbonyl (C=O) groups is 1. The second kappa shape index (κ2) is 7.00. The molecule has 7 heteroatoms. The maximum absolute atomic E-state index is 13.2. The van der Waals surface area contributed by atoms with E-state index in [1.807, 2.05) is 28.7 Å². The number of nitrogens with zero attached hydrogens (tertiary/aromatic N) is 3. The SMILES string of the molecule is O=C(NCCN1CCCC1)c1c(=O)c2cccnc2n2c1sc1ccccc12. The van der Waals surface area contributed by atoms with Crippen LogP contribution in [0.25, 0.3) is 26.1 Å². The number of carbonyl (C=O) groups excluding carboxylic acids is 1. The van der Waals surface area contributed by atoms with Crippen molar-refractivity contribution in [3.05, 3.63) is 58.4 Å². The lowest BCUT2D eigenvalue weighted by atomic mass is 10.1. The van der Waals surface area contributed by atoms with E-state index in [4.69, 9.17) is 0 Å². The van der Waals surface area contributed by atoms with Crippen LogP contribution >= 0.6 is 11.3 Å². The van der Waals surface area contributed by atoms with Crippen molar-refractivity contribution in [2.24, 2.45) is 0 Å². The van der Waals surface area contributed by atoms with Crippen molar-refractivity contribution in [3.63, 3.8) is 0 Å². The molecule has 0 atom stereocenters. The number of amides is 1. The van der Waals surface area contributed by atoms with E-state index in [2.05, 4.69) is 15.2 Å². The fraction of sp³-hybridized carbons (Fsp3) is 0.286. The molecule has 5 rings (SSSR count). The Morgan fingerprint density at radius 2 is 1.96 bits per heavy atom. The van der Waals surface area contributed by atoms with E-state index < -0.39 is 0 Å². The van der Waals surface area contributed by atoms with Gasteiger partial charge in [0.2, 0.25) is 5.43 Å². The molecule has 0 radical (unpaired) electrons. The minimum Gasteiger partial charge on any atom is -0.351 e. The summed E-state index contributed by atoms with van der Waals surface area (Å²) >= 11 is 1.46. The predicted molar refractivity (Wildman–Crippen MR) is 112 cm³/mol. The van der Waals surface area contributed by atoms with Gasteiger partial charge in [-0.05, 0) is 50.2 Å². The molecule has 1 N–H and O–H groups in total. The van der Waals surface area contributed by atoms with Gasteiger partial charge in [0.05, 0.1) is 15.6 Å². The summed E-state index contributed by atoms with van der Waals surface area (Å²) in [4.78, 5) is 33.6. The molecule has 142 valence electrons. The summed E-state index contributed by atoms with van der Waals surface area (Å²) < 4.78 is 2.96. The Morgan fingerprint density at radius 3 is 2.82 bits per heavy atom. The lowest BCUT2D eigenvalue weighted by Gasteiger charge is -2.15. The minimum absolute atomic E-state index is 0.211. The fourth-order valence-corrected chi connectivity index (χ4v) is 5.15. The van der Waals surface area contributed by atoms with Gasteiger partial charge in [0.1, 0.15) is 16.0 Å². The Labute approximate surface area is 165 Å². The average Bonchev–Trinajstić information content (AvgIpc) is 3.36. The lowest BCUT2D eigenvalue weighted by Crippen LogP contribution is -2.35. The van der Waals surface area contributed by atoms with E-state index in [9.17, 15) is 9.59 Å². The predicted octanol–water partition coefficient (Wildman–Crippen LogP) is 2.89. The van der Waals surface area contributed by atoms with Gasteiger partial charge in [0, 0.05) is 19.3 Å². The summed E-state index contributed by atoms with van der Waals surface area (Å²) in [5.74, 6) is -0.306. The molecule has 4 heterocycles. The van der Waals surface area contributed by atoms with Gasteiger partial charge in [0.25, 0.3) is 5.91 Å². The molecule has 3 aromatic heterocycles. The molecule has 1 aliphatic heterocycles. The van der Waals surface area contributed by atoms with Crippen LogP contribution < -0.4 is 10.7 Å². The number of pyridine rings is 2. The number of aromatic nitrogens is 2. The zero-order valence-corrected chi connectivity index (χ0v) is 16.2. The van der Waals surface area contributed by atoms with E-state index >= 15 is 0 Å². The van der Waals surface area contributed by atoms with Gasteiger partial charge in [-0.3, -0.25) is 14.0 Å². The van der Waals surface area contributed by atoms with Crippen LogP contribution in [0.4, 0.5) is 0 Å². The van der Waals surface area contributed by atoms with E-state index in [-0.39, 0.29) is 16.9 Å². The zero-order valence-electron chi connectivity index (χ0n) is 15.4. The van der Waals surface area contributed by atoms with Crippen molar-refractivity contribution in [1.82, 2.24) is 19.6 Å². The van der Waals surface area contributed by atoms with Crippen LogP contribution in [0.15, 0.2) is 47.4 Å². The molecule has 1 fully saturated rings. The Morgan fingerprint density at radius 1 is 1.14 bits per heavy atom. The highest BCUT2D eigenvalue weighted by molar-refractivity contribution is 7.24. The van der Waals surface area contributed by atoms with Gasteiger partial charge in [-0.25, -0.2) is 4.98 Å². The number of thiazole rings is 1. The van der Waals surface area contributed by atoms with Gasteiger partial charge in [-0.1, -0.05) is 12.1 Å². The van der Waals surface area contributed by atoms with Crippen molar-refractivity contribution in [2.45, 2.75) is 12.8 Å².